The van der Waals surface area contributed by atoms with Gasteiger partial charge in [-0.3, -0.25) is 0 Å². The van der Waals surface area contributed by atoms with Crippen molar-refractivity contribution in [1.29, 1.82) is 0 Å². The van der Waals surface area contributed by atoms with Crippen LogP contribution in [0.25, 0.3) is 0 Å². The Morgan fingerprint density at radius 1 is 1.44 bits per heavy atom. The molecule has 0 radical (unpaired) electrons. The lowest BCUT2D eigenvalue weighted by molar-refractivity contribution is 0.579. The number of nitrogens with one attached hydrogen (secondary N) is 1. The van der Waals surface area contributed by atoms with Gasteiger partial charge in [-0.05, 0) is 31.5 Å². The van der Waals surface area contributed by atoms with Gasteiger partial charge in [0, 0.05) is 6.54 Å². The Labute approximate surface area is 101 Å². The van der Waals surface area contributed by atoms with Crippen molar-refractivity contribution in [2.75, 3.05) is 13.1 Å². The molecule has 0 aliphatic heterocycles. The molecule has 0 heterocycles. The van der Waals surface area contributed by atoms with E-state index < -0.39 is 10.0 Å². The third kappa shape index (κ3) is 3.18. The fourth-order valence-corrected chi connectivity index (χ4v) is 2.87. The molecule has 0 aliphatic rings. The van der Waals surface area contributed by atoms with Crippen LogP contribution < -0.4 is 10.5 Å². The molecule has 4 nitrogen and oxygen atoms in total. The minimum atomic E-state index is -3.52. The Morgan fingerprint density at radius 2 is 2.12 bits per heavy atom. The van der Waals surface area contributed by atoms with Crippen molar-refractivity contribution in [3.05, 3.63) is 28.8 Å². The summed E-state index contributed by atoms with van der Waals surface area (Å²) in [7, 11) is -3.52. The maximum atomic E-state index is 11.8. The first kappa shape index (κ1) is 13.4. The molecule has 0 unspecified atom stereocenters. The highest BCUT2D eigenvalue weighted by molar-refractivity contribution is 7.89. The van der Waals surface area contributed by atoms with Crippen LogP contribution in [0.5, 0.6) is 0 Å². The van der Waals surface area contributed by atoms with Gasteiger partial charge in [-0.25, -0.2) is 13.1 Å². The largest absolute Gasteiger partial charge is 0.330 e. The Bertz CT molecular complexity index is 460. The highest BCUT2D eigenvalue weighted by Gasteiger charge is 2.17. The predicted octanol–water partition coefficient (Wildman–Crippen LogP) is 1.28. The molecule has 3 N–H and O–H groups in total. The van der Waals surface area contributed by atoms with Crippen molar-refractivity contribution in [3.63, 3.8) is 0 Å². The first-order valence-electron chi connectivity index (χ1n) is 4.94. The van der Waals surface area contributed by atoms with Gasteiger partial charge in [0.25, 0.3) is 0 Å². The van der Waals surface area contributed by atoms with E-state index in [1.54, 1.807) is 19.1 Å². The molecule has 16 heavy (non-hydrogen) atoms. The summed E-state index contributed by atoms with van der Waals surface area (Å²) in [5, 5.41) is 0.266. The summed E-state index contributed by atoms with van der Waals surface area (Å²) in [6, 6.07) is 4.92. The topological polar surface area (TPSA) is 72.2 Å². The lowest BCUT2D eigenvalue weighted by Crippen LogP contribution is -2.26. The van der Waals surface area contributed by atoms with Gasteiger partial charge < -0.3 is 5.73 Å². The van der Waals surface area contributed by atoms with Crippen LogP contribution in [-0.4, -0.2) is 21.5 Å². The van der Waals surface area contributed by atoms with Gasteiger partial charge >= 0.3 is 0 Å². The van der Waals surface area contributed by atoms with Crippen LogP contribution in [0.1, 0.15) is 12.0 Å². The second-order valence-electron chi connectivity index (χ2n) is 3.43. The second kappa shape index (κ2) is 5.63. The molecule has 1 aromatic rings. The molecule has 0 amide bonds. The van der Waals surface area contributed by atoms with Gasteiger partial charge in [0.15, 0.2) is 0 Å². The number of nitrogens with two attached hydrogens (primary N) is 1. The zero-order valence-electron chi connectivity index (χ0n) is 9.03. The normalized spacial score (nSPS) is 11.7. The van der Waals surface area contributed by atoms with Crippen molar-refractivity contribution in [3.8, 4) is 0 Å². The third-order valence-electron chi connectivity index (χ3n) is 2.12. The van der Waals surface area contributed by atoms with E-state index in [1.165, 1.54) is 6.07 Å². The minimum absolute atomic E-state index is 0.117. The van der Waals surface area contributed by atoms with Crippen LogP contribution in [0.2, 0.25) is 5.02 Å². The van der Waals surface area contributed by atoms with Crippen LogP contribution in [0.3, 0.4) is 0 Å². The van der Waals surface area contributed by atoms with Crippen molar-refractivity contribution >= 4 is 21.6 Å². The first-order chi connectivity index (χ1) is 7.49. The summed E-state index contributed by atoms with van der Waals surface area (Å²) >= 11 is 5.95. The van der Waals surface area contributed by atoms with E-state index in [-0.39, 0.29) is 9.92 Å². The lowest BCUT2D eigenvalue weighted by Gasteiger charge is -2.09. The highest BCUT2D eigenvalue weighted by atomic mass is 35.5. The van der Waals surface area contributed by atoms with E-state index >= 15 is 0 Å². The van der Waals surface area contributed by atoms with Crippen LogP contribution in [0.15, 0.2) is 23.1 Å². The number of hydrogen-bond acceptors (Lipinski definition) is 3. The average molecular weight is 263 g/mol. The molecule has 0 bridgehead atoms. The number of rotatable bonds is 5. The summed E-state index contributed by atoms with van der Waals surface area (Å²) in [5.74, 6) is 0. The minimum Gasteiger partial charge on any atom is -0.330 e. The molecule has 90 valence electrons. The zero-order valence-corrected chi connectivity index (χ0v) is 10.6. The smallest absolute Gasteiger partial charge is 0.242 e. The summed E-state index contributed by atoms with van der Waals surface area (Å²) in [6.45, 7) is 2.54. The Morgan fingerprint density at radius 3 is 2.75 bits per heavy atom. The van der Waals surface area contributed by atoms with E-state index in [9.17, 15) is 8.42 Å². The first-order valence-corrected chi connectivity index (χ1v) is 6.80. The highest BCUT2D eigenvalue weighted by Crippen LogP contribution is 2.24. The van der Waals surface area contributed by atoms with Crippen molar-refractivity contribution < 1.29 is 8.42 Å². The molecule has 0 saturated heterocycles. The number of aryl methyl sites for hydroxylation is 1. The van der Waals surface area contributed by atoms with E-state index in [0.29, 0.717) is 19.5 Å². The fourth-order valence-electron chi connectivity index (χ4n) is 1.21. The number of halogens is 1. The second-order valence-corrected chi connectivity index (χ2v) is 5.54. The quantitative estimate of drug-likeness (QED) is 0.785. The summed E-state index contributed by atoms with van der Waals surface area (Å²) in [4.78, 5) is 0.117. The van der Waals surface area contributed by atoms with Crippen LogP contribution >= 0.6 is 11.6 Å². The van der Waals surface area contributed by atoms with Gasteiger partial charge in [-0.15, -0.1) is 0 Å². The fraction of sp³-hybridized carbons (Fsp3) is 0.400. The van der Waals surface area contributed by atoms with E-state index in [1.807, 2.05) is 0 Å². The van der Waals surface area contributed by atoms with Gasteiger partial charge in [0.1, 0.15) is 4.90 Å². The van der Waals surface area contributed by atoms with E-state index in [0.717, 1.165) is 5.56 Å². The van der Waals surface area contributed by atoms with Gasteiger partial charge in [0.2, 0.25) is 10.0 Å². The van der Waals surface area contributed by atoms with Crippen LogP contribution in [-0.2, 0) is 10.0 Å². The van der Waals surface area contributed by atoms with Gasteiger partial charge in [0.05, 0.1) is 5.02 Å². The molecule has 1 aromatic carbocycles. The molecular formula is C10H15ClN2O2S. The molecule has 0 saturated carbocycles. The number of benzene rings is 1. The molecule has 0 aromatic heterocycles. The van der Waals surface area contributed by atoms with Gasteiger partial charge in [-0.1, -0.05) is 23.7 Å². The average Bonchev–Trinajstić information content (AvgIpc) is 2.22. The molecule has 0 spiro atoms. The molecular weight excluding hydrogens is 248 g/mol. The van der Waals surface area contributed by atoms with Crippen molar-refractivity contribution in [1.82, 2.24) is 4.72 Å². The monoisotopic (exact) mass is 262 g/mol. The van der Waals surface area contributed by atoms with E-state index in [2.05, 4.69) is 4.72 Å². The summed E-state index contributed by atoms with van der Waals surface area (Å²) < 4.78 is 26.1. The van der Waals surface area contributed by atoms with Crippen LogP contribution in [0, 0.1) is 6.92 Å². The van der Waals surface area contributed by atoms with Crippen LogP contribution in [0.4, 0.5) is 0 Å². The Balaban J connectivity index is 2.94. The van der Waals surface area contributed by atoms with Gasteiger partial charge in [-0.2, -0.15) is 0 Å². The molecule has 0 fully saturated rings. The number of sulfonamides is 1. The summed E-state index contributed by atoms with van der Waals surface area (Å²) in [5.41, 5.74) is 6.03. The third-order valence-corrected chi connectivity index (χ3v) is 4.24. The molecule has 1 rings (SSSR count). The lowest BCUT2D eigenvalue weighted by atomic mass is 10.2. The maximum absolute atomic E-state index is 11.8. The Kier molecular flexibility index (Phi) is 4.73. The van der Waals surface area contributed by atoms with E-state index in [4.69, 9.17) is 17.3 Å². The number of hydrogen-bond donors (Lipinski definition) is 2. The SMILES string of the molecule is Cc1cccc(S(=O)(=O)NCCCN)c1Cl. The molecule has 6 heteroatoms. The van der Waals surface area contributed by atoms with Crippen molar-refractivity contribution in [2.24, 2.45) is 5.73 Å². The summed E-state index contributed by atoms with van der Waals surface area (Å²) in [6.07, 6.45) is 0.600. The predicted molar refractivity (Wildman–Crippen MR) is 65.0 cm³/mol. The zero-order chi connectivity index (χ0) is 12.2. The van der Waals surface area contributed by atoms with Crippen molar-refractivity contribution in [2.45, 2.75) is 18.2 Å². The molecule has 0 aliphatic carbocycles. The Hall–Kier alpha value is -0.620. The molecule has 0 atom stereocenters. The standard InChI is InChI=1S/C10H15ClN2O2S/c1-8-4-2-5-9(10(8)11)16(14,15)13-7-3-6-12/h2,4-5,13H,3,6-7,12H2,1H3. The maximum Gasteiger partial charge on any atom is 0.242 e.